The number of aromatic nitrogens is 1. The molecule has 0 radical (unpaired) electrons. The predicted molar refractivity (Wildman–Crippen MR) is 61.3 cm³/mol. The summed E-state index contributed by atoms with van der Waals surface area (Å²) in [6, 6.07) is 0.356. The summed E-state index contributed by atoms with van der Waals surface area (Å²) < 4.78 is 5.40. The van der Waals surface area contributed by atoms with E-state index in [1.165, 1.54) is 6.20 Å². The molecule has 0 saturated heterocycles. The number of rotatable bonds is 7. The molecule has 8 nitrogen and oxygen atoms in total. The van der Waals surface area contributed by atoms with E-state index in [4.69, 9.17) is 10.8 Å². The number of carboxylic acids is 1. The van der Waals surface area contributed by atoms with Gasteiger partial charge in [0.15, 0.2) is 0 Å². The average molecular weight is 257 g/mol. The van der Waals surface area contributed by atoms with E-state index in [-0.39, 0.29) is 12.8 Å². The second kappa shape index (κ2) is 6.72. The van der Waals surface area contributed by atoms with Gasteiger partial charge < -0.3 is 20.7 Å². The minimum absolute atomic E-state index is 0.0933. The first kappa shape index (κ1) is 14.1. The van der Waals surface area contributed by atoms with Crippen molar-refractivity contribution in [2.45, 2.75) is 18.9 Å². The summed E-state index contributed by atoms with van der Waals surface area (Å²) in [4.78, 5) is 33.2. The van der Waals surface area contributed by atoms with Crippen LogP contribution in [-0.4, -0.2) is 40.9 Å². The van der Waals surface area contributed by atoms with E-state index < -0.39 is 23.5 Å². The lowest BCUT2D eigenvalue weighted by molar-refractivity contribution is -0.137. The van der Waals surface area contributed by atoms with Crippen LogP contribution in [0.4, 0.5) is 0 Å². The maximum atomic E-state index is 11.9. The Hall–Kier alpha value is -1.93. The summed E-state index contributed by atoms with van der Waals surface area (Å²) in [6.07, 6.45) is 1.12. The van der Waals surface area contributed by atoms with Gasteiger partial charge in [0.05, 0.1) is 12.2 Å². The number of carbonyl (C=O) groups is 2. The molecule has 0 aliphatic rings. The second-order valence-corrected chi connectivity index (χ2v) is 3.62. The van der Waals surface area contributed by atoms with Crippen molar-refractivity contribution in [3.63, 3.8) is 0 Å². The minimum atomic E-state index is -1.00. The molecule has 8 heteroatoms. The highest BCUT2D eigenvalue weighted by molar-refractivity contribution is 5.83. The molecule has 1 aromatic heterocycles. The molecule has 4 N–H and O–H groups in total. The lowest BCUT2D eigenvalue weighted by atomic mass is 10.1. The summed E-state index contributed by atoms with van der Waals surface area (Å²) in [5.41, 5.74) is 4.67. The molecule has 0 bridgehead atoms. The Balaban J connectivity index is 2.71. The molecule has 0 amide bonds. The smallest absolute Gasteiger partial charge is 0.358 e. The van der Waals surface area contributed by atoms with Crippen molar-refractivity contribution in [3.8, 4) is 0 Å². The molecule has 1 aromatic rings. The third-order valence-corrected chi connectivity index (χ3v) is 2.23. The summed E-state index contributed by atoms with van der Waals surface area (Å²) in [5, 5.41) is 11.4. The van der Waals surface area contributed by atoms with Gasteiger partial charge >= 0.3 is 11.6 Å². The fourth-order valence-corrected chi connectivity index (χ4v) is 1.40. The lowest BCUT2D eigenvalue weighted by Gasteiger charge is -2.15. The largest absolute Gasteiger partial charge is 0.481 e. The van der Waals surface area contributed by atoms with Gasteiger partial charge in [-0.2, -0.15) is 0 Å². The van der Waals surface area contributed by atoms with Gasteiger partial charge in [0.2, 0.25) is 0 Å². The number of hydrogen-bond acceptors (Lipinski definition) is 6. The molecular formula is C10H15N3O5. The van der Waals surface area contributed by atoms with E-state index in [9.17, 15) is 14.4 Å². The Morgan fingerprint density at radius 1 is 1.56 bits per heavy atom. The number of nitrogens with zero attached hydrogens (tertiary/aromatic N) is 1. The standard InChI is InChI=1S/C10H15N3O5/c11-4-5-12-7(1-2-8(14)15)10(17)13-6-3-9(16)18-13/h3,6-7,12H,1-2,4-5,11H2,(H,14,15). The van der Waals surface area contributed by atoms with Crippen LogP contribution in [0.25, 0.3) is 0 Å². The van der Waals surface area contributed by atoms with Crippen molar-refractivity contribution in [3.05, 3.63) is 22.7 Å². The zero-order valence-electron chi connectivity index (χ0n) is 9.67. The van der Waals surface area contributed by atoms with Crippen LogP contribution in [0.2, 0.25) is 0 Å². The fourth-order valence-electron chi connectivity index (χ4n) is 1.40. The summed E-state index contributed by atoms with van der Waals surface area (Å²) in [5.74, 6) is -1.52. The Kier molecular flexibility index (Phi) is 5.28. The number of aliphatic carboxylic acids is 1. The number of carboxylic acid groups (broad SMARTS) is 1. The highest BCUT2D eigenvalue weighted by atomic mass is 16.5. The molecule has 100 valence electrons. The monoisotopic (exact) mass is 257 g/mol. The number of nitrogens with two attached hydrogens (primary N) is 1. The zero-order chi connectivity index (χ0) is 13.5. The molecule has 18 heavy (non-hydrogen) atoms. The van der Waals surface area contributed by atoms with Crippen LogP contribution in [0.1, 0.15) is 17.6 Å². The Morgan fingerprint density at radius 3 is 2.78 bits per heavy atom. The van der Waals surface area contributed by atoms with Gasteiger partial charge in [0.1, 0.15) is 0 Å². The van der Waals surface area contributed by atoms with Gasteiger partial charge in [0.25, 0.3) is 5.91 Å². The minimum Gasteiger partial charge on any atom is -0.481 e. The SMILES string of the molecule is NCCNC(CCC(=O)O)C(=O)n1ccc(=O)o1. The number of nitrogens with one attached hydrogen (secondary N) is 1. The van der Waals surface area contributed by atoms with Crippen molar-refractivity contribution in [2.75, 3.05) is 13.1 Å². The first-order chi connectivity index (χ1) is 8.54. The Morgan fingerprint density at radius 2 is 2.28 bits per heavy atom. The topological polar surface area (TPSA) is 128 Å². The van der Waals surface area contributed by atoms with Crippen molar-refractivity contribution in [2.24, 2.45) is 5.73 Å². The second-order valence-electron chi connectivity index (χ2n) is 3.62. The molecule has 1 atom stereocenters. The highest BCUT2D eigenvalue weighted by Gasteiger charge is 2.21. The van der Waals surface area contributed by atoms with Crippen LogP contribution in [0, 0.1) is 0 Å². The summed E-state index contributed by atoms with van der Waals surface area (Å²) in [7, 11) is 0. The zero-order valence-corrected chi connectivity index (χ0v) is 9.67. The number of hydrogen-bond donors (Lipinski definition) is 3. The fraction of sp³-hybridized carbons (Fsp3) is 0.500. The van der Waals surface area contributed by atoms with Gasteiger partial charge in [-0.05, 0) is 6.42 Å². The average Bonchev–Trinajstić information content (AvgIpc) is 2.75. The van der Waals surface area contributed by atoms with Crippen LogP contribution in [-0.2, 0) is 4.79 Å². The maximum Gasteiger partial charge on any atom is 0.358 e. The van der Waals surface area contributed by atoms with Crippen LogP contribution in [0.15, 0.2) is 21.6 Å². The van der Waals surface area contributed by atoms with Crippen LogP contribution in [0.5, 0.6) is 0 Å². The van der Waals surface area contributed by atoms with E-state index in [2.05, 4.69) is 9.84 Å². The van der Waals surface area contributed by atoms with Crippen LogP contribution >= 0.6 is 0 Å². The molecule has 1 unspecified atom stereocenters. The van der Waals surface area contributed by atoms with Gasteiger partial charge in [0, 0.05) is 25.6 Å². The molecule has 0 aliphatic heterocycles. The molecule has 1 heterocycles. The van der Waals surface area contributed by atoms with E-state index >= 15 is 0 Å². The van der Waals surface area contributed by atoms with Gasteiger partial charge in [-0.1, -0.05) is 0 Å². The third-order valence-electron chi connectivity index (χ3n) is 2.23. The molecular weight excluding hydrogens is 242 g/mol. The van der Waals surface area contributed by atoms with Crippen molar-refractivity contribution >= 4 is 11.9 Å². The van der Waals surface area contributed by atoms with E-state index in [0.717, 1.165) is 10.8 Å². The molecule has 0 spiro atoms. The molecule has 1 rings (SSSR count). The lowest BCUT2D eigenvalue weighted by Crippen LogP contribution is -2.42. The van der Waals surface area contributed by atoms with Crippen molar-refractivity contribution in [1.82, 2.24) is 10.1 Å². The van der Waals surface area contributed by atoms with Gasteiger partial charge in [-0.15, -0.1) is 4.74 Å². The quantitative estimate of drug-likeness (QED) is 0.563. The maximum absolute atomic E-state index is 11.9. The Labute approximate surface area is 102 Å². The van der Waals surface area contributed by atoms with E-state index in [0.29, 0.717) is 13.1 Å². The number of carbonyl (C=O) groups excluding carboxylic acids is 1. The summed E-state index contributed by atoms with van der Waals surface area (Å²) in [6.45, 7) is 0.675. The van der Waals surface area contributed by atoms with Crippen LogP contribution < -0.4 is 16.7 Å². The molecule has 0 fully saturated rings. The molecule has 0 aliphatic carbocycles. The van der Waals surface area contributed by atoms with Gasteiger partial charge in [-0.25, -0.2) is 4.79 Å². The molecule has 0 aromatic carbocycles. The normalized spacial score (nSPS) is 12.3. The first-order valence-corrected chi connectivity index (χ1v) is 5.43. The van der Waals surface area contributed by atoms with Crippen molar-refractivity contribution < 1.29 is 19.2 Å². The molecule has 0 saturated carbocycles. The van der Waals surface area contributed by atoms with Gasteiger partial charge in [-0.3, -0.25) is 9.59 Å². The highest BCUT2D eigenvalue weighted by Crippen LogP contribution is 2.01. The Bertz CT molecular complexity index is 464. The first-order valence-electron chi connectivity index (χ1n) is 5.43. The van der Waals surface area contributed by atoms with E-state index in [1.54, 1.807) is 0 Å². The van der Waals surface area contributed by atoms with E-state index in [1.807, 2.05) is 0 Å². The van der Waals surface area contributed by atoms with Crippen molar-refractivity contribution in [1.29, 1.82) is 0 Å². The third kappa shape index (κ3) is 4.15. The van der Waals surface area contributed by atoms with Crippen LogP contribution in [0.3, 0.4) is 0 Å². The summed E-state index contributed by atoms with van der Waals surface area (Å²) >= 11 is 0. The predicted octanol–water partition coefficient (Wildman–Crippen LogP) is -1.14.